The van der Waals surface area contributed by atoms with E-state index in [2.05, 4.69) is 47.1 Å². The van der Waals surface area contributed by atoms with Crippen LogP contribution in [-0.2, 0) is 12.8 Å². The molecule has 4 rings (SSSR count). The lowest BCUT2D eigenvalue weighted by molar-refractivity contribution is 0.0648. The van der Waals surface area contributed by atoms with E-state index in [4.69, 9.17) is 9.84 Å². The van der Waals surface area contributed by atoms with E-state index in [0.29, 0.717) is 5.69 Å². The molecule has 0 bridgehead atoms. The molecule has 0 radical (unpaired) electrons. The first kappa shape index (κ1) is 21.6. The average molecular weight is 482 g/mol. The molecule has 31 heavy (non-hydrogen) atoms. The minimum Gasteiger partial charge on any atom is -0.496 e. The lowest BCUT2D eigenvalue weighted by atomic mass is 9.88. The van der Waals surface area contributed by atoms with Crippen LogP contribution in [0.4, 0.5) is 0 Å². The second-order valence-corrected chi connectivity index (χ2v) is 9.96. The standard InChI is InChI=1S/C25H28BrN3O2/c1-15-8-7-9-17(12-15)29-23-18(22(27-29)24(30)28(5)25(2,3)4)11-10-16-13-21(31-6)20(26)14-19(16)23/h7-9,12-14H,10-11H2,1-6H3. The topological polar surface area (TPSA) is 47.4 Å². The molecular weight excluding hydrogens is 454 g/mol. The van der Waals surface area contributed by atoms with Crippen LogP contribution in [0, 0.1) is 6.92 Å². The number of amides is 1. The smallest absolute Gasteiger partial charge is 0.274 e. The average Bonchev–Trinajstić information content (AvgIpc) is 3.11. The number of nitrogens with zero attached hydrogens (tertiary/aromatic N) is 3. The number of hydrogen-bond acceptors (Lipinski definition) is 3. The quantitative estimate of drug-likeness (QED) is 0.489. The predicted molar refractivity (Wildman–Crippen MR) is 127 cm³/mol. The van der Waals surface area contributed by atoms with Gasteiger partial charge in [-0.3, -0.25) is 4.79 Å². The summed E-state index contributed by atoms with van der Waals surface area (Å²) in [6.45, 7) is 8.17. The van der Waals surface area contributed by atoms with Gasteiger partial charge < -0.3 is 9.64 Å². The molecule has 0 atom stereocenters. The molecule has 1 amide bonds. The van der Waals surface area contributed by atoms with Gasteiger partial charge in [-0.1, -0.05) is 12.1 Å². The highest BCUT2D eigenvalue weighted by atomic mass is 79.9. The van der Waals surface area contributed by atoms with E-state index < -0.39 is 0 Å². The third kappa shape index (κ3) is 3.78. The Kier molecular flexibility index (Phi) is 5.46. The Balaban J connectivity index is 1.98. The number of aryl methyl sites for hydroxylation is 2. The molecule has 0 aliphatic heterocycles. The fourth-order valence-electron chi connectivity index (χ4n) is 3.98. The van der Waals surface area contributed by atoms with Gasteiger partial charge in [0.05, 0.1) is 23.0 Å². The molecule has 0 unspecified atom stereocenters. The van der Waals surface area contributed by atoms with Gasteiger partial charge in [-0.15, -0.1) is 0 Å². The Hall–Kier alpha value is -2.60. The van der Waals surface area contributed by atoms with Crippen LogP contribution < -0.4 is 4.74 Å². The Morgan fingerprint density at radius 1 is 1.19 bits per heavy atom. The third-order valence-electron chi connectivity index (χ3n) is 6.02. The molecule has 0 fully saturated rings. The highest BCUT2D eigenvalue weighted by Crippen LogP contribution is 2.41. The lowest BCUT2D eigenvalue weighted by Gasteiger charge is -2.31. The van der Waals surface area contributed by atoms with Crippen molar-refractivity contribution in [1.29, 1.82) is 0 Å². The van der Waals surface area contributed by atoms with Crippen molar-refractivity contribution in [2.75, 3.05) is 14.2 Å². The number of methoxy groups -OCH3 is 1. The summed E-state index contributed by atoms with van der Waals surface area (Å²) in [6, 6.07) is 12.4. The van der Waals surface area contributed by atoms with E-state index in [-0.39, 0.29) is 11.4 Å². The fraction of sp³-hybridized carbons (Fsp3) is 0.360. The second kappa shape index (κ2) is 7.83. The highest BCUT2D eigenvalue weighted by molar-refractivity contribution is 9.10. The van der Waals surface area contributed by atoms with Crippen LogP contribution in [-0.4, -0.2) is 40.3 Å². The summed E-state index contributed by atoms with van der Waals surface area (Å²) in [5.74, 6) is 0.763. The highest BCUT2D eigenvalue weighted by Gasteiger charge is 2.33. The Morgan fingerprint density at radius 2 is 1.94 bits per heavy atom. The lowest BCUT2D eigenvalue weighted by Crippen LogP contribution is -2.43. The van der Waals surface area contributed by atoms with Crippen molar-refractivity contribution in [2.45, 2.75) is 46.1 Å². The van der Waals surface area contributed by atoms with E-state index >= 15 is 0 Å². The summed E-state index contributed by atoms with van der Waals surface area (Å²) in [7, 11) is 3.52. The van der Waals surface area contributed by atoms with Gasteiger partial charge in [0, 0.05) is 23.7 Å². The van der Waals surface area contributed by atoms with Gasteiger partial charge in [-0.05, 0) is 91.9 Å². The van der Waals surface area contributed by atoms with E-state index in [1.165, 1.54) is 5.56 Å². The van der Waals surface area contributed by atoms with Crippen molar-refractivity contribution < 1.29 is 9.53 Å². The van der Waals surface area contributed by atoms with Crippen molar-refractivity contribution in [3.63, 3.8) is 0 Å². The van der Waals surface area contributed by atoms with Crippen molar-refractivity contribution in [2.24, 2.45) is 0 Å². The minimum absolute atomic E-state index is 0.0498. The zero-order valence-electron chi connectivity index (χ0n) is 18.9. The van der Waals surface area contributed by atoms with Crippen LogP contribution in [0.25, 0.3) is 16.9 Å². The van der Waals surface area contributed by atoms with E-state index in [0.717, 1.165) is 51.1 Å². The van der Waals surface area contributed by atoms with Gasteiger partial charge in [0.25, 0.3) is 5.91 Å². The molecule has 6 heteroatoms. The van der Waals surface area contributed by atoms with Crippen molar-refractivity contribution >= 4 is 21.8 Å². The third-order valence-corrected chi connectivity index (χ3v) is 6.64. The molecule has 5 nitrogen and oxygen atoms in total. The summed E-state index contributed by atoms with van der Waals surface area (Å²) >= 11 is 3.64. The number of halogens is 1. The van der Waals surface area contributed by atoms with Crippen LogP contribution in [0.5, 0.6) is 5.75 Å². The van der Waals surface area contributed by atoms with E-state index in [9.17, 15) is 4.79 Å². The molecule has 2 aromatic carbocycles. The van der Waals surface area contributed by atoms with E-state index in [1.807, 2.05) is 44.6 Å². The number of aromatic nitrogens is 2. The molecule has 3 aromatic rings. The van der Waals surface area contributed by atoms with Gasteiger partial charge >= 0.3 is 0 Å². The number of carbonyl (C=O) groups is 1. The normalized spacial score (nSPS) is 12.9. The molecule has 162 valence electrons. The van der Waals surface area contributed by atoms with Gasteiger partial charge in [0.1, 0.15) is 5.75 Å². The number of hydrogen-bond donors (Lipinski definition) is 0. The van der Waals surface area contributed by atoms with Crippen LogP contribution in [0.1, 0.15) is 48.0 Å². The molecule has 1 aliphatic rings. The first-order chi connectivity index (χ1) is 14.6. The number of benzene rings is 2. The monoisotopic (exact) mass is 481 g/mol. The van der Waals surface area contributed by atoms with Crippen molar-refractivity contribution in [1.82, 2.24) is 14.7 Å². The van der Waals surface area contributed by atoms with E-state index in [1.54, 1.807) is 12.0 Å². The first-order valence-electron chi connectivity index (χ1n) is 10.5. The predicted octanol–water partition coefficient (Wildman–Crippen LogP) is 5.59. The number of ether oxygens (including phenoxy) is 1. The zero-order chi connectivity index (χ0) is 22.5. The summed E-state index contributed by atoms with van der Waals surface area (Å²) in [5.41, 5.74) is 6.62. The second-order valence-electron chi connectivity index (χ2n) is 9.11. The van der Waals surface area contributed by atoms with Crippen LogP contribution in [0.3, 0.4) is 0 Å². The number of fused-ring (bicyclic) bond motifs is 3. The van der Waals surface area contributed by atoms with Gasteiger partial charge in [-0.2, -0.15) is 5.10 Å². The molecule has 1 aromatic heterocycles. The van der Waals surface area contributed by atoms with Crippen molar-refractivity contribution in [3.05, 3.63) is 63.3 Å². The Morgan fingerprint density at radius 3 is 2.58 bits per heavy atom. The largest absolute Gasteiger partial charge is 0.496 e. The molecule has 0 N–H and O–H groups in total. The molecule has 0 saturated heterocycles. The number of carbonyl (C=O) groups excluding carboxylic acids is 1. The minimum atomic E-state index is -0.292. The van der Waals surface area contributed by atoms with Gasteiger partial charge in [-0.25, -0.2) is 4.68 Å². The summed E-state index contributed by atoms with van der Waals surface area (Å²) in [4.78, 5) is 15.2. The maximum atomic E-state index is 13.5. The molecule has 1 heterocycles. The van der Waals surface area contributed by atoms with Crippen LogP contribution in [0.2, 0.25) is 0 Å². The molecule has 1 aliphatic carbocycles. The Bertz CT molecular complexity index is 1170. The summed E-state index contributed by atoms with van der Waals surface area (Å²) in [6.07, 6.45) is 1.60. The maximum Gasteiger partial charge on any atom is 0.274 e. The van der Waals surface area contributed by atoms with Crippen LogP contribution in [0.15, 0.2) is 40.9 Å². The summed E-state index contributed by atoms with van der Waals surface area (Å²) in [5, 5.41) is 4.89. The SMILES string of the molecule is COc1cc2c(cc1Br)-c1c(c(C(=O)N(C)C(C)(C)C)nn1-c1cccc(C)c1)CC2. The molecule has 0 spiro atoms. The zero-order valence-corrected chi connectivity index (χ0v) is 20.5. The van der Waals surface area contributed by atoms with Gasteiger partial charge in [0.2, 0.25) is 0 Å². The van der Waals surface area contributed by atoms with Crippen molar-refractivity contribution in [3.8, 4) is 22.7 Å². The molecular formula is C25H28BrN3O2. The van der Waals surface area contributed by atoms with Crippen LogP contribution >= 0.6 is 15.9 Å². The maximum absolute atomic E-state index is 13.5. The summed E-state index contributed by atoms with van der Waals surface area (Å²) < 4.78 is 8.33. The molecule has 0 saturated carbocycles. The fourth-order valence-corrected chi connectivity index (χ4v) is 4.49. The van der Waals surface area contributed by atoms with Gasteiger partial charge in [0.15, 0.2) is 5.69 Å². The number of rotatable bonds is 3. The Labute approximate surface area is 192 Å². The first-order valence-corrected chi connectivity index (χ1v) is 11.2.